The van der Waals surface area contributed by atoms with Crippen LogP contribution < -0.4 is 32.3 Å². The average molecular weight is 873 g/mol. The van der Waals surface area contributed by atoms with Crippen LogP contribution in [0.1, 0.15) is 49.9 Å². The maximum atomic E-state index is 14.0. The third kappa shape index (κ3) is 12.7. The summed E-state index contributed by atoms with van der Waals surface area (Å²) in [5, 5.41) is 42.3. The van der Waals surface area contributed by atoms with Gasteiger partial charge in [0.2, 0.25) is 35.4 Å². The Hall–Kier alpha value is -7.13. The van der Waals surface area contributed by atoms with Crippen molar-refractivity contribution in [3.05, 3.63) is 90.1 Å². The number of nitrogens with zero attached hydrogens (tertiary/aromatic N) is 2. The first-order valence-corrected chi connectivity index (χ1v) is 20.3. The van der Waals surface area contributed by atoms with Crippen molar-refractivity contribution in [3.63, 3.8) is 0 Å². The molecule has 63 heavy (non-hydrogen) atoms. The molecule has 5 rings (SSSR count). The number of imidazole rings is 1. The number of nitrogens with one attached hydrogen (secondary N) is 7. The van der Waals surface area contributed by atoms with Crippen LogP contribution in [0.25, 0.3) is 10.9 Å². The molecule has 0 unspecified atom stereocenters. The number of fused-ring (bicyclic) bond motifs is 1. The number of hydrogen-bond donors (Lipinski definition) is 11. The lowest BCUT2D eigenvalue weighted by Gasteiger charge is -2.30. The smallest absolute Gasteiger partial charge is 0.328 e. The van der Waals surface area contributed by atoms with E-state index in [0.717, 1.165) is 10.9 Å². The summed E-state index contributed by atoms with van der Waals surface area (Å²) >= 11 is 0. The van der Waals surface area contributed by atoms with Crippen LogP contribution >= 0.6 is 0 Å². The monoisotopic (exact) mass is 872 g/mol. The van der Waals surface area contributed by atoms with Crippen molar-refractivity contribution in [3.8, 4) is 0 Å². The normalized spacial score (nSPS) is 17.0. The Morgan fingerprint density at radius 3 is 2.10 bits per heavy atom. The summed E-state index contributed by atoms with van der Waals surface area (Å²) in [6, 6.07) is 6.39. The molecule has 1 aliphatic heterocycles. The van der Waals surface area contributed by atoms with Crippen molar-refractivity contribution in [2.45, 2.75) is 101 Å². The van der Waals surface area contributed by atoms with Gasteiger partial charge < -0.3 is 62.5 Å². The predicted molar refractivity (Wildman–Crippen MR) is 224 cm³/mol. The number of para-hydroxylation sites is 1. The molecular weight excluding hydrogens is 821 g/mol. The Balaban J connectivity index is 1.31. The number of carbonyl (C=O) groups excluding carboxylic acids is 6. The van der Waals surface area contributed by atoms with Gasteiger partial charge in [-0.3, -0.25) is 33.6 Å². The Bertz CT molecular complexity index is 2270. The molecule has 3 heterocycles. The fourth-order valence-corrected chi connectivity index (χ4v) is 7.28. The van der Waals surface area contributed by atoms with E-state index in [0.29, 0.717) is 23.2 Å². The quantitative estimate of drug-likeness (QED) is 0.0461. The van der Waals surface area contributed by atoms with Crippen LogP contribution in [0, 0.1) is 0 Å². The number of carboxylic acids is 2. The van der Waals surface area contributed by atoms with Gasteiger partial charge >= 0.3 is 11.9 Å². The SMILES string of the molecule is C[C@H](NC(=O)[C@H](Cc1c[nH]c2ccccc12)NC(=O)[C@@H](N)CC(=O)O)C(=O)N1CCC[C@H]1C(=O)N[C@@H](Cc1cnc[nH]1)C(=O)N[C@@H](Cc1ccccc1)C(=O)N[C@H](C(=O)O)[C@@H](C)O. The van der Waals surface area contributed by atoms with Crippen LogP contribution in [0.5, 0.6) is 0 Å². The van der Waals surface area contributed by atoms with Gasteiger partial charge in [-0.1, -0.05) is 48.5 Å². The first kappa shape index (κ1) is 46.9. The lowest BCUT2D eigenvalue weighted by molar-refractivity contribution is -0.145. The number of H-pyrrole nitrogens is 2. The molecule has 2 aromatic carbocycles. The molecule has 2 aromatic heterocycles. The molecule has 6 amide bonds. The Morgan fingerprint density at radius 1 is 0.794 bits per heavy atom. The van der Waals surface area contributed by atoms with E-state index in [1.807, 2.05) is 18.2 Å². The first-order valence-electron chi connectivity index (χ1n) is 20.3. The van der Waals surface area contributed by atoms with Gasteiger partial charge in [-0.05, 0) is 43.9 Å². The molecule has 0 radical (unpaired) electrons. The molecule has 1 saturated heterocycles. The van der Waals surface area contributed by atoms with Crippen LogP contribution in [0.4, 0.5) is 0 Å². The number of hydrogen-bond acceptors (Lipinski definition) is 11. The number of aliphatic carboxylic acids is 2. The fraction of sp³-hybridized carbons (Fsp3) is 0.405. The molecule has 4 aromatic rings. The predicted octanol–water partition coefficient (Wildman–Crippen LogP) is -1.38. The zero-order chi connectivity index (χ0) is 45.8. The minimum atomic E-state index is -1.68. The largest absolute Gasteiger partial charge is 0.481 e. The summed E-state index contributed by atoms with van der Waals surface area (Å²) in [5.41, 5.74) is 8.27. The van der Waals surface area contributed by atoms with Gasteiger partial charge in [0.05, 0.1) is 24.9 Å². The van der Waals surface area contributed by atoms with Crippen molar-refractivity contribution in [2.24, 2.45) is 5.73 Å². The maximum absolute atomic E-state index is 14.0. The first-order chi connectivity index (χ1) is 30.0. The zero-order valence-corrected chi connectivity index (χ0v) is 34.6. The van der Waals surface area contributed by atoms with Crippen LogP contribution in [0.15, 0.2) is 73.3 Å². The second kappa shape index (κ2) is 21.6. The van der Waals surface area contributed by atoms with E-state index in [9.17, 15) is 48.6 Å². The van der Waals surface area contributed by atoms with Crippen molar-refractivity contribution >= 4 is 58.3 Å². The second-order valence-corrected chi connectivity index (χ2v) is 15.4. The molecule has 0 saturated carbocycles. The molecule has 8 atom stereocenters. The van der Waals surface area contributed by atoms with Crippen molar-refractivity contribution in [1.82, 2.24) is 46.4 Å². The molecule has 1 fully saturated rings. The van der Waals surface area contributed by atoms with E-state index in [-0.39, 0.29) is 32.2 Å². The number of aromatic amines is 2. The molecule has 21 nitrogen and oxygen atoms in total. The summed E-state index contributed by atoms with van der Waals surface area (Å²) < 4.78 is 0. The lowest BCUT2D eigenvalue weighted by atomic mass is 10.0. The number of benzene rings is 2. The van der Waals surface area contributed by atoms with Gasteiger partial charge in [0.1, 0.15) is 30.2 Å². The summed E-state index contributed by atoms with van der Waals surface area (Å²) in [4.78, 5) is 117. The van der Waals surface area contributed by atoms with Crippen LogP contribution in [0.3, 0.4) is 0 Å². The summed E-state index contributed by atoms with van der Waals surface area (Å²) in [6.07, 6.45) is 2.65. The number of aromatic nitrogens is 3. The number of carbonyl (C=O) groups is 8. The zero-order valence-electron chi connectivity index (χ0n) is 34.6. The molecule has 0 bridgehead atoms. The molecule has 1 aliphatic rings. The van der Waals surface area contributed by atoms with Gasteiger partial charge in [-0.15, -0.1) is 0 Å². The minimum absolute atomic E-state index is 0.0502. The van der Waals surface area contributed by atoms with Gasteiger partial charge in [-0.25, -0.2) is 9.78 Å². The van der Waals surface area contributed by atoms with Gasteiger partial charge in [-0.2, -0.15) is 0 Å². The Labute approximate surface area is 361 Å². The highest BCUT2D eigenvalue weighted by molar-refractivity contribution is 5.98. The summed E-state index contributed by atoms with van der Waals surface area (Å²) in [5.74, 6) is -7.54. The molecule has 0 spiro atoms. The van der Waals surface area contributed by atoms with E-state index < -0.39 is 102 Å². The maximum Gasteiger partial charge on any atom is 0.328 e. The summed E-state index contributed by atoms with van der Waals surface area (Å²) in [6.45, 7) is 2.73. The van der Waals surface area contributed by atoms with Crippen LogP contribution in [-0.4, -0.2) is 137 Å². The highest BCUT2D eigenvalue weighted by atomic mass is 16.4. The molecule has 12 N–H and O–H groups in total. The second-order valence-electron chi connectivity index (χ2n) is 15.4. The summed E-state index contributed by atoms with van der Waals surface area (Å²) in [7, 11) is 0. The fourth-order valence-electron chi connectivity index (χ4n) is 7.28. The van der Waals surface area contributed by atoms with Crippen molar-refractivity contribution in [1.29, 1.82) is 0 Å². The number of aliphatic hydroxyl groups excluding tert-OH is 1. The number of carboxylic acid groups (broad SMARTS) is 2. The number of rotatable bonds is 21. The van der Waals surface area contributed by atoms with E-state index >= 15 is 0 Å². The minimum Gasteiger partial charge on any atom is -0.481 e. The van der Waals surface area contributed by atoms with E-state index in [1.54, 1.807) is 42.6 Å². The van der Waals surface area contributed by atoms with Crippen LogP contribution in [-0.2, 0) is 57.6 Å². The molecule has 21 heteroatoms. The number of likely N-dealkylation sites (tertiary alicyclic amines) is 1. The highest BCUT2D eigenvalue weighted by Crippen LogP contribution is 2.21. The van der Waals surface area contributed by atoms with E-state index in [4.69, 9.17) is 10.8 Å². The Morgan fingerprint density at radius 2 is 1.43 bits per heavy atom. The average Bonchev–Trinajstić information content (AvgIpc) is 4.04. The lowest BCUT2D eigenvalue weighted by Crippen LogP contribution is -2.60. The van der Waals surface area contributed by atoms with Gasteiger partial charge in [0, 0.05) is 54.8 Å². The standard InChI is InChI=1S/C42H52N10O11/c1-22(47-37(57)31(48-36(56)28(43)18-34(54)55)16-25-19-45-29-12-7-6-11-27(25)29)41(61)52-14-8-13-33(52)40(60)50-32(17-26-20-44-21-46-26)38(58)49-30(15-24-9-4-3-5-10-24)39(59)51-35(23(2)53)42(62)63/h3-7,9-12,19-23,28,30-33,35,45,53H,8,13-18,43H2,1-2H3,(H,44,46)(H,47,57)(H,48,56)(H,49,58)(H,50,60)(H,51,59)(H,54,55)(H,62,63)/t22-,23+,28-,30-,31-,32-,33-,35-/m0/s1. The van der Waals surface area contributed by atoms with Gasteiger partial charge in [0.25, 0.3) is 0 Å². The highest BCUT2D eigenvalue weighted by Gasteiger charge is 2.39. The third-order valence-electron chi connectivity index (χ3n) is 10.6. The van der Waals surface area contributed by atoms with Crippen molar-refractivity contribution in [2.75, 3.05) is 6.54 Å². The molecule has 0 aliphatic carbocycles. The van der Waals surface area contributed by atoms with Crippen molar-refractivity contribution < 1.29 is 53.7 Å². The Kier molecular flexibility index (Phi) is 16.1. The van der Waals surface area contributed by atoms with E-state index in [2.05, 4.69) is 41.5 Å². The number of amides is 6. The molecule has 336 valence electrons. The third-order valence-corrected chi connectivity index (χ3v) is 10.6. The number of aliphatic hydroxyl groups is 1. The van der Waals surface area contributed by atoms with Crippen LogP contribution in [0.2, 0.25) is 0 Å². The molecular formula is C42H52N10O11. The van der Waals surface area contributed by atoms with Gasteiger partial charge in [0.15, 0.2) is 6.04 Å². The topological polar surface area (TPSA) is 331 Å². The number of nitrogens with two attached hydrogens (primary N) is 1. The van der Waals surface area contributed by atoms with E-state index in [1.165, 1.54) is 31.3 Å².